The molecule has 0 spiro atoms. The molecule has 3 N–H and O–H groups in total. The number of carbonyl (C=O) groups is 3. The molecule has 0 saturated heterocycles. The lowest BCUT2D eigenvalue weighted by atomic mass is 10.1. The van der Waals surface area contributed by atoms with Gasteiger partial charge in [0.2, 0.25) is 11.8 Å². The first kappa shape index (κ1) is 22.2. The number of thioether (sulfide) groups is 1. The van der Waals surface area contributed by atoms with Crippen molar-refractivity contribution in [1.82, 2.24) is 10.9 Å². The van der Waals surface area contributed by atoms with E-state index in [1.165, 1.54) is 24.3 Å². The summed E-state index contributed by atoms with van der Waals surface area (Å²) in [6, 6.07) is 11.0. The Hall–Kier alpha value is -3.07. The largest absolute Gasteiger partial charge is 0.484 e. The second kappa shape index (κ2) is 11.1. The molecule has 154 valence electrons. The smallest absolute Gasteiger partial charge is 0.276 e. The normalized spacial score (nSPS) is 10.2. The van der Waals surface area contributed by atoms with E-state index < -0.39 is 17.6 Å². The third kappa shape index (κ3) is 8.65. The molecule has 2 aromatic carbocycles. The van der Waals surface area contributed by atoms with E-state index in [0.717, 1.165) is 22.9 Å². The third-order valence-electron chi connectivity index (χ3n) is 3.50. The highest BCUT2D eigenvalue weighted by Gasteiger charge is 2.08. The Morgan fingerprint density at radius 3 is 2.14 bits per heavy atom. The highest BCUT2D eigenvalue weighted by molar-refractivity contribution is 8.00. The van der Waals surface area contributed by atoms with Crippen LogP contribution >= 0.6 is 11.8 Å². The predicted molar refractivity (Wildman–Crippen MR) is 110 cm³/mol. The number of benzene rings is 2. The van der Waals surface area contributed by atoms with Gasteiger partial charge in [-0.25, -0.2) is 4.39 Å². The number of anilines is 1. The third-order valence-corrected chi connectivity index (χ3v) is 4.43. The van der Waals surface area contributed by atoms with E-state index in [9.17, 15) is 18.8 Å². The number of aryl methyl sites for hydroxylation is 2. The number of hydrazine groups is 1. The molecule has 0 aliphatic rings. The first-order valence-corrected chi connectivity index (χ1v) is 9.89. The van der Waals surface area contributed by atoms with Gasteiger partial charge in [0.25, 0.3) is 5.91 Å². The summed E-state index contributed by atoms with van der Waals surface area (Å²) in [7, 11) is 0. The average Bonchev–Trinajstić information content (AvgIpc) is 2.66. The molecule has 29 heavy (non-hydrogen) atoms. The van der Waals surface area contributed by atoms with Crippen LogP contribution in [0.1, 0.15) is 11.1 Å². The number of amides is 3. The van der Waals surface area contributed by atoms with Gasteiger partial charge in [-0.3, -0.25) is 25.2 Å². The van der Waals surface area contributed by atoms with Crippen molar-refractivity contribution in [3.63, 3.8) is 0 Å². The van der Waals surface area contributed by atoms with E-state index >= 15 is 0 Å². The van der Waals surface area contributed by atoms with Gasteiger partial charge in [-0.1, -0.05) is 6.07 Å². The summed E-state index contributed by atoms with van der Waals surface area (Å²) < 4.78 is 18.2. The lowest BCUT2D eigenvalue weighted by Crippen LogP contribution is -2.44. The van der Waals surface area contributed by atoms with Gasteiger partial charge in [-0.05, 0) is 61.4 Å². The number of rotatable bonds is 8. The summed E-state index contributed by atoms with van der Waals surface area (Å²) in [5.41, 5.74) is 7.03. The van der Waals surface area contributed by atoms with E-state index in [4.69, 9.17) is 4.74 Å². The van der Waals surface area contributed by atoms with Crippen molar-refractivity contribution in [2.75, 3.05) is 23.4 Å². The van der Waals surface area contributed by atoms with Gasteiger partial charge in [0, 0.05) is 5.69 Å². The van der Waals surface area contributed by atoms with Gasteiger partial charge in [0.05, 0.1) is 11.5 Å². The quantitative estimate of drug-likeness (QED) is 0.571. The van der Waals surface area contributed by atoms with E-state index in [1.54, 1.807) is 0 Å². The number of carbonyl (C=O) groups excluding carboxylic acids is 3. The molecule has 7 nitrogen and oxygen atoms in total. The highest BCUT2D eigenvalue weighted by Crippen LogP contribution is 2.15. The van der Waals surface area contributed by atoms with Crippen molar-refractivity contribution in [3.8, 4) is 5.75 Å². The monoisotopic (exact) mass is 419 g/mol. The minimum absolute atomic E-state index is 0.0188. The molecule has 0 saturated carbocycles. The van der Waals surface area contributed by atoms with E-state index in [-0.39, 0.29) is 24.0 Å². The van der Waals surface area contributed by atoms with Crippen LogP contribution in [0.25, 0.3) is 0 Å². The maximum atomic E-state index is 12.8. The summed E-state index contributed by atoms with van der Waals surface area (Å²) in [5.74, 6) is -1.08. The Kier molecular flexibility index (Phi) is 8.47. The van der Waals surface area contributed by atoms with E-state index in [1.807, 2.05) is 32.0 Å². The molecule has 0 aromatic heterocycles. The van der Waals surface area contributed by atoms with Gasteiger partial charge < -0.3 is 10.1 Å². The molecule has 0 fully saturated rings. The van der Waals surface area contributed by atoms with Gasteiger partial charge in [-0.2, -0.15) is 0 Å². The number of ether oxygens (including phenoxy) is 1. The Labute approximate surface area is 172 Å². The molecular weight excluding hydrogens is 397 g/mol. The zero-order valence-electron chi connectivity index (χ0n) is 16.1. The lowest BCUT2D eigenvalue weighted by Gasteiger charge is -2.10. The maximum absolute atomic E-state index is 12.8. The van der Waals surface area contributed by atoms with Crippen LogP contribution in [0.15, 0.2) is 42.5 Å². The standard InChI is InChI=1S/C20H22FN3O4S/c1-13-7-14(2)9-17(8-13)28-10-18(25)23-24-20(27)12-29-11-19(26)22-16-5-3-15(21)4-6-16/h3-9H,10-12H2,1-2H3,(H,22,26)(H,23,25)(H,24,27). The summed E-state index contributed by atoms with van der Waals surface area (Å²) in [4.78, 5) is 35.2. The predicted octanol–water partition coefficient (Wildman–Crippen LogP) is 2.34. The Morgan fingerprint density at radius 2 is 1.48 bits per heavy atom. The number of nitrogens with one attached hydrogen (secondary N) is 3. The zero-order valence-corrected chi connectivity index (χ0v) is 16.9. The first-order valence-electron chi connectivity index (χ1n) is 8.74. The fraction of sp³-hybridized carbons (Fsp3) is 0.250. The second-order valence-electron chi connectivity index (χ2n) is 6.26. The summed E-state index contributed by atoms with van der Waals surface area (Å²) in [5, 5.41) is 2.59. The maximum Gasteiger partial charge on any atom is 0.276 e. The van der Waals surface area contributed by atoms with Gasteiger partial charge in [0.15, 0.2) is 6.61 Å². The minimum Gasteiger partial charge on any atom is -0.484 e. The molecule has 2 aromatic rings. The van der Waals surface area contributed by atoms with Gasteiger partial charge in [-0.15, -0.1) is 11.8 Å². The topological polar surface area (TPSA) is 96.5 Å². The van der Waals surface area contributed by atoms with Crippen molar-refractivity contribution in [3.05, 3.63) is 59.4 Å². The number of hydrogen-bond donors (Lipinski definition) is 3. The Balaban J connectivity index is 1.60. The average molecular weight is 419 g/mol. The first-order chi connectivity index (χ1) is 13.8. The zero-order chi connectivity index (χ0) is 21.2. The SMILES string of the molecule is Cc1cc(C)cc(OCC(=O)NNC(=O)CSCC(=O)Nc2ccc(F)cc2)c1. The molecule has 0 unspecified atom stereocenters. The molecular formula is C20H22FN3O4S. The molecule has 3 amide bonds. The van der Waals surface area contributed by atoms with Crippen LogP contribution in [0, 0.1) is 19.7 Å². The lowest BCUT2D eigenvalue weighted by molar-refractivity contribution is -0.128. The van der Waals surface area contributed by atoms with Crippen LogP contribution in [0.3, 0.4) is 0 Å². The van der Waals surface area contributed by atoms with E-state index in [0.29, 0.717) is 11.4 Å². The van der Waals surface area contributed by atoms with Crippen LogP contribution in [0.5, 0.6) is 5.75 Å². The van der Waals surface area contributed by atoms with Crippen LogP contribution in [0.4, 0.5) is 10.1 Å². The minimum atomic E-state index is -0.503. The molecule has 0 atom stereocenters. The Bertz CT molecular complexity index is 854. The summed E-state index contributed by atoms with van der Waals surface area (Å²) in [6.45, 7) is 3.62. The fourth-order valence-corrected chi connectivity index (χ4v) is 2.96. The molecule has 0 radical (unpaired) electrons. The van der Waals surface area contributed by atoms with Crippen molar-refractivity contribution >= 4 is 35.2 Å². The summed E-state index contributed by atoms with van der Waals surface area (Å²) >= 11 is 1.08. The van der Waals surface area contributed by atoms with Crippen LogP contribution in [-0.2, 0) is 14.4 Å². The van der Waals surface area contributed by atoms with Gasteiger partial charge >= 0.3 is 0 Å². The number of halogens is 1. The molecule has 0 bridgehead atoms. The second-order valence-corrected chi connectivity index (χ2v) is 7.24. The molecule has 0 aliphatic heterocycles. The Morgan fingerprint density at radius 1 is 0.897 bits per heavy atom. The highest BCUT2D eigenvalue weighted by atomic mass is 32.2. The molecule has 9 heteroatoms. The van der Waals surface area contributed by atoms with Crippen LogP contribution in [-0.4, -0.2) is 35.8 Å². The van der Waals surface area contributed by atoms with Crippen molar-refractivity contribution in [2.45, 2.75) is 13.8 Å². The summed E-state index contributed by atoms with van der Waals surface area (Å²) in [6.07, 6.45) is 0. The molecule has 2 rings (SSSR count). The molecule has 0 heterocycles. The number of hydrogen-bond acceptors (Lipinski definition) is 5. The van der Waals surface area contributed by atoms with Gasteiger partial charge in [0.1, 0.15) is 11.6 Å². The van der Waals surface area contributed by atoms with Crippen molar-refractivity contribution in [1.29, 1.82) is 0 Å². The fourth-order valence-electron chi connectivity index (χ4n) is 2.34. The van der Waals surface area contributed by atoms with Crippen LogP contribution < -0.4 is 20.9 Å². The van der Waals surface area contributed by atoms with Crippen molar-refractivity contribution < 1.29 is 23.5 Å². The molecule has 0 aliphatic carbocycles. The van der Waals surface area contributed by atoms with Crippen LogP contribution in [0.2, 0.25) is 0 Å². The van der Waals surface area contributed by atoms with E-state index in [2.05, 4.69) is 16.2 Å². The van der Waals surface area contributed by atoms with Crippen molar-refractivity contribution in [2.24, 2.45) is 0 Å².